The van der Waals surface area contributed by atoms with E-state index in [1.807, 2.05) is 20.0 Å². The fourth-order valence-electron chi connectivity index (χ4n) is 1.40. The monoisotopic (exact) mass is 177 g/mol. The lowest BCUT2D eigenvalue weighted by Crippen LogP contribution is -1.96. The fourth-order valence-corrected chi connectivity index (χ4v) is 1.40. The molecule has 0 amide bonds. The molecule has 0 spiro atoms. The van der Waals surface area contributed by atoms with Crippen molar-refractivity contribution in [3.05, 3.63) is 23.1 Å². The number of aromatic nitrogens is 3. The van der Waals surface area contributed by atoms with Gasteiger partial charge in [-0.05, 0) is 20.8 Å². The Balaban J connectivity index is 2.92. The molecule has 0 atom stereocenters. The lowest BCUT2D eigenvalue weighted by molar-refractivity contribution is 0.461. The number of fused-ring (bicyclic) bond motifs is 1. The first-order chi connectivity index (χ1) is 6.09. The van der Waals surface area contributed by atoms with Gasteiger partial charge < -0.3 is 5.11 Å². The predicted octanol–water partition coefficient (Wildman–Crippen LogP) is 1.36. The molecular formula is C9H11N3O. The Morgan fingerprint density at radius 2 is 2.00 bits per heavy atom. The quantitative estimate of drug-likeness (QED) is 0.661. The first kappa shape index (κ1) is 8.04. The van der Waals surface area contributed by atoms with E-state index < -0.39 is 0 Å². The number of imidazole rings is 1. The summed E-state index contributed by atoms with van der Waals surface area (Å²) >= 11 is 0. The Bertz CT molecular complexity index is 473. The standard InChI is InChI=1S/C9H11N3O/c1-5-4-12-9(10-5)6(2)8(13)7(3)11-12/h4,13H,1-3H3. The molecule has 0 saturated carbocycles. The second-order valence-corrected chi connectivity index (χ2v) is 3.21. The molecular weight excluding hydrogens is 166 g/mol. The van der Waals surface area contributed by atoms with Crippen LogP contribution in [0.25, 0.3) is 5.65 Å². The van der Waals surface area contributed by atoms with E-state index >= 15 is 0 Å². The summed E-state index contributed by atoms with van der Waals surface area (Å²) in [5.74, 6) is 0.234. The number of hydrogen-bond acceptors (Lipinski definition) is 3. The molecule has 2 aromatic heterocycles. The van der Waals surface area contributed by atoms with Crippen LogP contribution in [0, 0.1) is 20.8 Å². The summed E-state index contributed by atoms with van der Waals surface area (Å²) in [7, 11) is 0. The zero-order valence-corrected chi connectivity index (χ0v) is 7.87. The predicted molar refractivity (Wildman–Crippen MR) is 48.9 cm³/mol. The maximum atomic E-state index is 9.60. The lowest BCUT2D eigenvalue weighted by Gasteiger charge is -2.02. The highest BCUT2D eigenvalue weighted by Gasteiger charge is 2.09. The minimum atomic E-state index is 0.234. The molecule has 2 heterocycles. The molecule has 0 aromatic carbocycles. The summed E-state index contributed by atoms with van der Waals surface area (Å²) in [5, 5.41) is 13.8. The van der Waals surface area contributed by atoms with E-state index in [2.05, 4.69) is 10.1 Å². The molecule has 0 aliphatic rings. The van der Waals surface area contributed by atoms with Crippen molar-refractivity contribution in [1.82, 2.24) is 14.6 Å². The van der Waals surface area contributed by atoms with Gasteiger partial charge in [-0.2, -0.15) is 5.10 Å². The van der Waals surface area contributed by atoms with E-state index in [0.717, 1.165) is 16.9 Å². The molecule has 0 unspecified atom stereocenters. The molecule has 4 nitrogen and oxygen atoms in total. The fraction of sp³-hybridized carbons (Fsp3) is 0.333. The van der Waals surface area contributed by atoms with E-state index in [0.29, 0.717) is 5.69 Å². The SMILES string of the molecule is Cc1cn2nc(C)c(O)c(C)c2n1. The van der Waals surface area contributed by atoms with Crippen LogP contribution in [0.3, 0.4) is 0 Å². The van der Waals surface area contributed by atoms with Gasteiger partial charge in [-0.25, -0.2) is 9.50 Å². The van der Waals surface area contributed by atoms with Crippen LogP contribution < -0.4 is 0 Å². The van der Waals surface area contributed by atoms with Crippen LogP contribution in [-0.2, 0) is 0 Å². The Kier molecular flexibility index (Phi) is 1.52. The molecule has 1 N–H and O–H groups in total. The first-order valence-electron chi connectivity index (χ1n) is 4.11. The van der Waals surface area contributed by atoms with Crippen molar-refractivity contribution in [1.29, 1.82) is 0 Å². The molecule has 0 aliphatic carbocycles. The minimum Gasteiger partial charge on any atom is -0.506 e. The van der Waals surface area contributed by atoms with Crippen molar-refractivity contribution < 1.29 is 5.11 Å². The highest BCUT2D eigenvalue weighted by Crippen LogP contribution is 2.22. The van der Waals surface area contributed by atoms with Crippen LogP contribution in [0.15, 0.2) is 6.20 Å². The van der Waals surface area contributed by atoms with Gasteiger partial charge in [0.1, 0.15) is 11.4 Å². The van der Waals surface area contributed by atoms with Crippen LogP contribution in [0.2, 0.25) is 0 Å². The molecule has 68 valence electrons. The number of aromatic hydroxyl groups is 1. The summed E-state index contributed by atoms with van der Waals surface area (Å²) in [6.45, 7) is 5.52. The Morgan fingerprint density at radius 3 is 2.69 bits per heavy atom. The summed E-state index contributed by atoms with van der Waals surface area (Å²) in [4.78, 5) is 4.26. The molecule has 0 bridgehead atoms. The van der Waals surface area contributed by atoms with Crippen molar-refractivity contribution >= 4 is 5.65 Å². The van der Waals surface area contributed by atoms with Gasteiger partial charge in [0.25, 0.3) is 0 Å². The average Bonchev–Trinajstić information content (AvgIpc) is 2.42. The number of aryl methyl sites for hydroxylation is 3. The molecule has 2 rings (SSSR count). The third-order valence-corrected chi connectivity index (χ3v) is 2.10. The molecule has 2 aromatic rings. The molecule has 0 saturated heterocycles. The number of nitrogens with zero attached hydrogens (tertiary/aromatic N) is 3. The van der Waals surface area contributed by atoms with E-state index in [4.69, 9.17) is 0 Å². The highest BCUT2D eigenvalue weighted by atomic mass is 16.3. The molecule has 0 aliphatic heterocycles. The zero-order valence-electron chi connectivity index (χ0n) is 7.87. The number of rotatable bonds is 0. The van der Waals surface area contributed by atoms with E-state index in [1.165, 1.54) is 0 Å². The first-order valence-corrected chi connectivity index (χ1v) is 4.11. The normalized spacial score (nSPS) is 11.0. The van der Waals surface area contributed by atoms with Gasteiger partial charge in [-0.3, -0.25) is 0 Å². The van der Waals surface area contributed by atoms with Crippen LogP contribution in [-0.4, -0.2) is 19.7 Å². The summed E-state index contributed by atoms with van der Waals surface area (Å²) in [6, 6.07) is 0. The van der Waals surface area contributed by atoms with Gasteiger partial charge >= 0.3 is 0 Å². The van der Waals surface area contributed by atoms with Gasteiger partial charge in [0.15, 0.2) is 5.65 Å². The average molecular weight is 177 g/mol. The van der Waals surface area contributed by atoms with Crippen LogP contribution in [0.1, 0.15) is 17.0 Å². The maximum Gasteiger partial charge on any atom is 0.160 e. The molecule has 0 fully saturated rings. The lowest BCUT2D eigenvalue weighted by atomic mass is 10.2. The van der Waals surface area contributed by atoms with Crippen molar-refractivity contribution in [2.24, 2.45) is 0 Å². The van der Waals surface area contributed by atoms with Gasteiger partial charge in [0.2, 0.25) is 0 Å². The minimum absolute atomic E-state index is 0.234. The van der Waals surface area contributed by atoms with Gasteiger partial charge in [0.05, 0.1) is 11.9 Å². The maximum absolute atomic E-state index is 9.60. The third-order valence-electron chi connectivity index (χ3n) is 2.10. The van der Waals surface area contributed by atoms with Gasteiger partial charge in [-0.15, -0.1) is 0 Å². The largest absolute Gasteiger partial charge is 0.506 e. The zero-order chi connectivity index (χ0) is 9.59. The van der Waals surface area contributed by atoms with E-state index in [-0.39, 0.29) is 5.75 Å². The Labute approximate surface area is 75.8 Å². The third kappa shape index (κ3) is 1.06. The van der Waals surface area contributed by atoms with Crippen molar-refractivity contribution in [2.45, 2.75) is 20.8 Å². The van der Waals surface area contributed by atoms with E-state index in [9.17, 15) is 5.11 Å². The van der Waals surface area contributed by atoms with Crippen molar-refractivity contribution in [3.8, 4) is 5.75 Å². The van der Waals surface area contributed by atoms with Gasteiger partial charge in [0, 0.05) is 5.56 Å². The van der Waals surface area contributed by atoms with Crippen molar-refractivity contribution in [3.63, 3.8) is 0 Å². The van der Waals surface area contributed by atoms with Crippen LogP contribution in [0.5, 0.6) is 5.75 Å². The molecule has 4 heteroatoms. The summed E-state index contributed by atoms with van der Waals surface area (Å²) < 4.78 is 1.69. The summed E-state index contributed by atoms with van der Waals surface area (Å²) in [5.41, 5.74) is 3.03. The Morgan fingerprint density at radius 1 is 1.31 bits per heavy atom. The molecule has 13 heavy (non-hydrogen) atoms. The Hall–Kier alpha value is -1.58. The van der Waals surface area contributed by atoms with Gasteiger partial charge in [-0.1, -0.05) is 0 Å². The second kappa shape index (κ2) is 2.45. The summed E-state index contributed by atoms with van der Waals surface area (Å²) in [6.07, 6.45) is 1.84. The molecule has 0 radical (unpaired) electrons. The number of hydrogen-bond donors (Lipinski definition) is 1. The van der Waals surface area contributed by atoms with Crippen LogP contribution in [0.4, 0.5) is 0 Å². The highest BCUT2D eigenvalue weighted by molar-refractivity contribution is 5.54. The topological polar surface area (TPSA) is 50.4 Å². The van der Waals surface area contributed by atoms with E-state index in [1.54, 1.807) is 11.4 Å². The van der Waals surface area contributed by atoms with Crippen molar-refractivity contribution in [2.75, 3.05) is 0 Å². The van der Waals surface area contributed by atoms with Crippen LogP contribution >= 0.6 is 0 Å². The second-order valence-electron chi connectivity index (χ2n) is 3.21. The smallest absolute Gasteiger partial charge is 0.160 e.